The lowest BCUT2D eigenvalue weighted by atomic mass is 10.2. The number of imidazole rings is 1. The second-order valence-electron chi connectivity index (χ2n) is 6.04. The number of nitrogens with one attached hydrogen (secondary N) is 2. The van der Waals surface area contributed by atoms with E-state index in [1.54, 1.807) is 23.9 Å². The van der Waals surface area contributed by atoms with Crippen LogP contribution in [-0.4, -0.2) is 34.8 Å². The molecular formula is C19H19N5OS. The number of nitrogens with two attached hydrogens (primary N) is 1. The molecular weight excluding hydrogens is 346 g/mol. The van der Waals surface area contributed by atoms with E-state index in [1.165, 1.54) is 0 Å². The number of hydrogen-bond acceptors (Lipinski definition) is 5. The summed E-state index contributed by atoms with van der Waals surface area (Å²) in [4.78, 5) is 25.2. The number of rotatable bonds is 5. The molecule has 2 aromatic carbocycles. The summed E-state index contributed by atoms with van der Waals surface area (Å²) in [5.41, 5.74) is 8.45. The fraction of sp³-hybridized carbons (Fsp3) is 0.211. The third-order valence-electron chi connectivity index (χ3n) is 4.23. The summed E-state index contributed by atoms with van der Waals surface area (Å²) in [5.74, 6) is 1.97. The Bertz CT molecular complexity index is 995. The molecule has 4 rings (SSSR count). The monoisotopic (exact) mass is 365 g/mol. The summed E-state index contributed by atoms with van der Waals surface area (Å²) in [7, 11) is 0. The van der Waals surface area contributed by atoms with E-state index < -0.39 is 5.91 Å². The molecule has 0 fully saturated rings. The number of aliphatic imine (C=N–C) groups is 1. The molecule has 0 saturated carbocycles. The smallest absolute Gasteiger partial charge is 0.250 e. The maximum atomic E-state index is 11.6. The predicted octanol–water partition coefficient (Wildman–Crippen LogP) is 2.69. The minimum absolute atomic E-state index is 0.441. The van der Waals surface area contributed by atoms with Crippen molar-refractivity contribution in [3.05, 3.63) is 59.4 Å². The van der Waals surface area contributed by atoms with Crippen LogP contribution in [0.1, 0.15) is 28.2 Å². The number of aromatic amines is 1. The Kier molecular flexibility index (Phi) is 4.62. The topological polar surface area (TPSA) is 96.2 Å². The number of carbonyl (C=O) groups is 1. The summed E-state index contributed by atoms with van der Waals surface area (Å²) in [5, 5.41) is 3.38. The van der Waals surface area contributed by atoms with Crippen LogP contribution in [-0.2, 0) is 5.75 Å². The van der Waals surface area contributed by atoms with Crippen LogP contribution >= 0.6 is 11.8 Å². The predicted molar refractivity (Wildman–Crippen MR) is 105 cm³/mol. The molecule has 1 aliphatic heterocycles. The van der Waals surface area contributed by atoms with E-state index in [0.29, 0.717) is 16.8 Å². The van der Waals surface area contributed by atoms with Crippen LogP contribution < -0.4 is 11.1 Å². The number of fused-ring (bicyclic) bond motifs is 1. The highest BCUT2D eigenvalue weighted by Crippen LogP contribution is 2.27. The molecule has 0 saturated heterocycles. The van der Waals surface area contributed by atoms with Gasteiger partial charge in [0.05, 0.1) is 16.8 Å². The molecule has 0 bridgehead atoms. The Morgan fingerprint density at radius 1 is 1.19 bits per heavy atom. The van der Waals surface area contributed by atoms with Crippen LogP contribution in [0, 0.1) is 0 Å². The highest BCUT2D eigenvalue weighted by Gasteiger charge is 2.14. The minimum atomic E-state index is -0.465. The maximum absolute atomic E-state index is 11.6. The van der Waals surface area contributed by atoms with Crippen molar-refractivity contribution in [2.45, 2.75) is 17.1 Å². The number of para-hydroxylation sites is 1. The first-order valence-electron chi connectivity index (χ1n) is 8.50. The number of amidine groups is 1. The van der Waals surface area contributed by atoms with Gasteiger partial charge in [-0.2, -0.15) is 0 Å². The van der Waals surface area contributed by atoms with Gasteiger partial charge in [0.15, 0.2) is 0 Å². The average molecular weight is 365 g/mol. The van der Waals surface area contributed by atoms with Crippen molar-refractivity contribution in [2.24, 2.45) is 10.7 Å². The van der Waals surface area contributed by atoms with E-state index in [-0.39, 0.29) is 0 Å². The standard InChI is InChI=1S/C19H19N5OS/c20-18(25)13-6-3-7-14-17(13)24-16(23-14)11-26-15-8-2-1-5-12(15)19-21-9-4-10-22-19/h1-3,5-8H,4,9-11H2,(H2,20,25)(H,21,22)(H,23,24). The molecule has 0 spiro atoms. The normalized spacial score (nSPS) is 14.1. The summed E-state index contributed by atoms with van der Waals surface area (Å²) in [6.07, 6.45) is 1.07. The summed E-state index contributed by atoms with van der Waals surface area (Å²) in [6, 6.07) is 13.6. The highest BCUT2D eigenvalue weighted by atomic mass is 32.2. The van der Waals surface area contributed by atoms with E-state index in [4.69, 9.17) is 5.73 Å². The molecule has 0 atom stereocenters. The number of H-pyrrole nitrogens is 1. The molecule has 1 aliphatic rings. The van der Waals surface area contributed by atoms with Crippen LogP contribution in [0.25, 0.3) is 11.0 Å². The van der Waals surface area contributed by atoms with Crippen molar-refractivity contribution >= 4 is 34.5 Å². The number of carbonyl (C=O) groups excluding carboxylic acids is 1. The van der Waals surface area contributed by atoms with Gasteiger partial charge < -0.3 is 16.0 Å². The van der Waals surface area contributed by atoms with E-state index in [0.717, 1.165) is 47.1 Å². The number of aromatic nitrogens is 2. The van der Waals surface area contributed by atoms with Crippen LogP contribution in [0.5, 0.6) is 0 Å². The molecule has 4 N–H and O–H groups in total. The average Bonchev–Trinajstić information content (AvgIpc) is 3.10. The molecule has 7 heteroatoms. The van der Waals surface area contributed by atoms with E-state index in [1.807, 2.05) is 18.2 Å². The lowest BCUT2D eigenvalue weighted by molar-refractivity contribution is 0.100. The van der Waals surface area contributed by atoms with Crippen molar-refractivity contribution in [1.29, 1.82) is 0 Å². The molecule has 2 heterocycles. The SMILES string of the molecule is NC(=O)c1cccc2[nH]c(CSc3ccccc3C3=NCCCN3)nc12. The molecule has 1 amide bonds. The number of hydrogen-bond donors (Lipinski definition) is 3. The van der Waals surface area contributed by atoms with Gasteiger partial charge >= 0.3 is 0 Å². The second kappa shape index (κ2) is 7.21. The first-order valence-corrected chi connectivity index (χ1v) is 9.49. The fourth-order valence-electron chi connectivity index (χ4n) is 3.00. The number of amides is 1. The van der Waals surface area contributed by atoms with Crippen molar-refractivity contribution in [3.8, 4) is 0 Å². The van der Waals surface area contributed by atoms with E-state index in [9.17, 15) is 4.79 Å². The maximum Gasteiger partial charge on any atom is 0.250 e. The van der Waals surface area contributed by atoms with Gasteiger partial charge in [-0.05, 0) is 24.6 Å². The van der Waals surface area contributed by atoms with Crippen molar-refractivity contribution in [3.63, 3.8) is 0 Å². The van der Waals surface area contributed by atoms with E-state index in [2.05, 4.69) is 32.4 Å². The summed E-state index contributed by atoms with van der Waals surface area (Å²) >= 11 is 1.69. The van der Waals surface area contributed by atoms with Crippen LogP contribution in [0.3, 0.4) is 0 Å². The number of benzene rings is 2. The fourth-order valence-corrected chi connectivity index (χ4v) is 3.92. The van der Waals surface area contributed by atoms with Gasteiger partial charge in [0.2, 0.25) is 0 Å². The van der Waals surface area contributed by atoms with Gasteiger partial charge in [0, 0.05) is 23.5 Å². The Morgan fingerprint density at radius 2 is 2.08 bits per heavy atom. The first-order chi connectivity index (χ1) is 12.7. The molecule has 6 nitrogen and oxygen atoms in total. The minimum Gasteiger partial charge on any atom is -0.370 e. The first kappa shape index (κ1) is 16.7. The van der Waals surface area contributed by atoms with Crippen molar-refractivity contribution in [2.75, 3.05) is 13.1 Å². The zero-order chi connectivity index (χ0) is 17.9. The molecule has 26 heavy (non-hydrogen) atoms. The molecule has 0 unspecified atom stereocenters. The third-order valence-corrected chi connectivity index (χ3v) is 5.32. The largest absolute Gasteiger partial charge is 0.370 e. The Labute approximate surface area is 155 Å². The van der Waals surface area contributed by atoms with Gasteiger partial charge in [0.1, 0.15) is 17.2 Å². The van der Waals surface area contributed by atoms with Crippen molar-refractivity contribution in [1.82, 2.24) is 15.3 Å². The molecule has 0 aliphatic carbocycles. The van der Waals surface area contributed by atoms with Gasteiger partial charge in [-0.25, -0.2) is 4.98 Å². The zero-order valence-corrected chi connectivity index (χ0v) is 15.0. The van der Waals surface area contributed by atoms with Crippen LogP contribution in [0.2, 0.25) is 0 Å². The highest BCUT2D eigenvalue weighted by molar-refractivity contribution is 7.98. The third kappa shape index (κ3) is 3.30. The zero-order valence-electron chi connectivity index (χ0n) is 14.2. The number of primary amides is 1. The van der Waals surface area contributed by atoms with Gasteiger partial charge in [0.25, 0.3) is 5.91 Å². The van der Waals surface area contributed by atoms with Crippen molar-refractivity contribution < 1.29 is 4.79 Å². The van der Waals surface area contributed by atoms with Crippen LogP contribution in [0.15, 0.2) is 52.4 Å². The number of nitrogens with zero attached hydrogens (tertiary/aromatic N) is 2. The lowest BCUT2D eigenvalue weighted by Gasteiger charge is -2.17. The quantitative estimate of drug-likeness (QED) is 0.606. The summed E-state index contributed by atoms with van der Waals surface area (Å²) in [6.45, 7) is 1.82. The lowest BCUT2D eigenvalue weighted by Crippen LogP contribution is -2.30. The summed E-state index contributed by atoms with van der Waals surface area (Å²) < 4.78 is 0. The molecule has 0 radical (unpaired) electrons. The Morgan fingerprint density at radius 3 is 2.88 bits per heavy atom. The number of thioether (sulfide) groups is 1. The van der Waals surface area contributed by atoms with Gasteiger partial charge in [-0.15, -0.1) is 11.8 Å². The van der Waals surface area contributed by atoms with Gasteiger partial charge in [-0.1, -0.05) is 24.3 Å². The van der Waals surface area contributed by atoms with Crippen LogP contribution in [0.4, 0.5) is 0 Å². The Hall–Kier alpha value is -2.80. The van der Waals surface area contributed by atoms with E-state index >= 15 is 0 Å². The molecule has 3 aromatic rings. The molecule has 1 aromatic heterocycles. The second-order valence-corrected chi connectivity index (χ2v) is 7.06. The molecule has 132 valence electrons. The Balaban J connectivity index is 1.58. The van der Waals surface area contributed by atoms with Gasteiger partial charge in [-0.3, -0.25) is 9.79 Å².